The molecule has 0 spiro atoms. The molecule has 7 rings (SSSR count). The van der Waals surface area contributed by atoms with E-state index in [-0.39, 0.29) is 0 Å². The lowest BCUT2D eigenvalue weighted by molar-refractivity contribution is 0.669. The third-order valence-corrected chi connectivity index (χ3v) is 6.57. The van der Waals surface area contributed by atoms with E-state index < -0.39 is 0 Å². The summed E-state index contributed by atoms with van der Waals surface area (Å²) >= 11 is 0. The maximum Gasteiger partial charge on any atom is 0.187 e. The van der Waals surface area contributed by atoms with E-state index >= 15 is 0 Å². The minimum Gasteiger partial charge on any atom is -0.456 e. The summed E-state index contributed by atoms with van der Waals surface area (Å²) in [4.78, 5) is 12.7. The van der Waals surface area contributed by atoms with E-state index in [1.807, 2.05) is 60.9 Å². The van der Waals surface area contributed by atoms with Crippen molar-refractivity contribution in [2.75, 3.05) is 0 Å². The average Bonchev–Trinajstić information content (AvgIpc) is 3.30. The molecule has 162 valence electrons. The highest BCUT2D eigenvalue weighted by molar-refractivity contribution is 6.12. The van der Waals surface area contributed by atoms with Crippen molar-refractivity contribution in [3.63, 3.8) is 0 Å². The highest BCUT2D eigenvalue weighted by Crippen LogP contribution is 2.38. The fourth-order valence-corrected chi connectivity index (χ4v) is 4.87. The maximum atomic E-state index is 7.19. The first-order chi connectivity index (χ1) is 17.3. The number of aromatic nitrogens is 2. The Morgan fingerprint density at radius 2 is 1.26 bits per heavy atom. The molecule has 7 aromatic rings. The first-order valence-electron chi connectivity index (χ1n) is 11.4. The molecule has 4 nitrogen and oxygen atoms in total. The zero-order valence-corrected chi connectivity index (χ0v) is 18.6. The highest BCUT2D eigenvalue weighted by atomic mass is 16.3. The number of rotatable bonds is 2. The van der Waals surface area contributed by atoms with Gasteiger partial charge in [-0.05, 0) is 64.7 Å². The molecule has 0 N–H and O–H groups in total. The zero-order chi connectivity index (χ0) is 23.4. The van der Waals surface area contributed by atoms with Crippen molar-refractivity contribution in [2.24, 2.45) is 0 Å². The second-order valence-electron chi connectivity index (χ2n) is 8.58. The third-order valence-electron chi connectivity index (χ3n) is 6.57. The van der Waals surface area contributed by atoms with Gasteiger partial charge in [0, 0.05) is 33.9 Å². The predicted molar refractivity (Wildman–Crippen MR) is 141 cm³/mol. The second kappa shape index (κ2) is 7.51. The van der Waals surface area contributed by atoms with Crippen molar-refractivity contribution < 1.29 is 4.42 Å². The summed E-state index contributed by atoms with van der Waals surface area (Å²) in [6.07, 6.45) is 3.63. The van der Waals surface area contributed by atoms with Gasteiger partial charge in [0.25, 0.3) is 0 Å². The van der Waals surface area contributed by atoms with Gasteiger partial charge in [-0.25, -0.2) is 4.85 Å². The molecule has 0 saturated carbocycles. The number of hydrogen-bond donors (Lipinski definition) is 0. The van der Waals surface area contributed by atoms with E-state index in [0.29, 0.717) is 5.69 Å². The van der Waals surface area contributed by atoms with Gasteiger partial charge in [0.05, 0.1) is 17.6 Å². The van der Waals surface area contributed by atoms with Crippen LogP contribution in [-0.2, 0) is 0 Å². The normalized spacial score (nSPS) is 11.4. The molecule has 0 aliphatic carbocycles. The van der Waals surface area contributed by atoms with Crippen molar-refractivity contribution in [1.29, 1.82) is 0 Å². The Bertz CT molecular complexity index is 1960. The molecule has 0 aliphatic heterocycles. The Labute approximate surface area is 200 Å². The summed E-state index contributed by atoms with van der Waals surface area (Å²) in [6.45, 7) is 7.19. The second-order valence-corrected chi connectivity index (χ2v) is 8.58. The molecule has 0 saturated heterocycles. The van der Waals surface area contributed by atoms with Crippen molar-refractivity contribution in [3.05, 3.63) is 115 Å². The quantitative estimate of drug-likeness (QED) is 0.197. The molecule has 0 aliphatic rings. The third kappa shape index (κ3) is 3.07. The predicted octanol–water partition coefficient (Wildman–Crippen LogP) is 8.57. The Kier molecular flexibility index (Phi) is 4.18. The number of fused-ring (bicyclic) bond motifs is 6. The fraction of sp³-hybridized carbons (Fsp3) is 0. The SMILES string of the molecule is [C-]#[N+]c1ccc(-c2ccc3oc4ccc(-c5cc6cccnc6c6ncccc56)cc4c3c2)cc1. The molecule has 0 amide bonds. The first-order valence-corrected chi connectivity index (χ1v) is 11.4. The monoisotopic (exact) mass is 447 g/mol. The number of furan rings is 1. The molecule has 35 heavy (non-hydrogen) atoms. The molecular weight excluding hydrogens is 430 g/mol. The summed E-state index contributed by atoms with van der Waals surface area (Å²) in [5.41, 5.74) is 8.56. The van der Waals surface area contributed by atoms with E-state index in [0.717, 1.165) is 66.0 Å². The van der Waals surface area contributed by atoms with Crippen LogP contribution >= 0.6 is 0 Å². The van der Waals surface area contributed by atoms with Crippen LogP contribution in [0.2, 0.25) is 0 Å². The van der Waals surface area contributed by atoms with Gasteiger partial charge < -0.3 is 4.42 Å². The van der Waals surface area contributed by atoms with Gasteiger partial charge in [-0.2, -0.15) is 0 Å². The van der Waals surface area contributed by atoms with Crippen molar-refractivity contribution >= 4 is 49.4 Å². The molecule has 0 atom stereocenters. The lowest BCUT2D eigenvalue weighted by Gasteiger charge is -2.10. The molecule has 4 aromatic carbocycles. The summed E-state index contributed by atoms with van der Waals surface area (Å²) in [5, 5.41) is 4.28. The van der Waals surface area contributed by atoms with E-state index in [4.69, 9.17) is 11.0 Å². The lowest BCUT2D eigenvalue weighted by Crippen LogP contribution is -1.88. The van der Waals surface area contributed by atoms with Gasteiger partial charge in [-0.1, -0.05) is 48.5 Å². The molecule has 4 heteroatoms. The van der Waals surface area contributed by atoms with Gasteiger partial charge in [0.15, 0.2) is 5.69 Å². The van der Waals surface area contributed by atoms with Crippen LogP contribution in [0, 0.1) is 6.57 Å². The van der Waals surface area contributed by atoms with Crippen LogP contribution in [0.4, 0.5) is 5.69 Å². The van der Waals surface area contributed by atoms with Gasteiger partial charge >= 0.3 is 0 Å². The number of pyridine rings is 2. The Hall–Kier alpha value is -5.01. The van der Waals surface area contributed by atoms with Gasteiger partial charge in [0.2, 0.25) is 0 Å². The minimum atomic E-state index is 0.639. The van der Waals surface area contributed by atoms with Crippen molar-refractivity contribution in [2.45, 2.75) is 0 Å². The Morgan fingerprint density at radius 1 is 0.600 bits per heavy atom. The fourth-order valence-electron chi connectivity index (χ4n) is 4.87. The molecular formula is C31H17N3O. The Morgan fingerprint density at radius 3 is 2.03 bits per heavy atom. The van der Waals surface area contributed by atoms with E-state index in [1.54, 1.807) is 0 Å². The van der Waals surface area contributed by atoms with Crippen molar-refractivity contribution in [1.82, 2.24) is 9.97 Å². The van der Waals surface area contributed by atoms with Crippen LogP contribution in [0.15, 0.2) is 108 Å². The van der Waals surface area contributed by atoms with Crippen LogP contribution in [0.1, 0.15) is 0 Å². The van der Waals surface area contributed by atoms with E-state index in [2.05, 4.69) is 57.3 Å². The lowest BCUT2D eigenvalue weighted by atomic mass is 9.96. The molecule has 0 unspecified atom stereocenters. The summed E-state index contributed by atoms with van der Waals surface area (Å²) in [7, 11) is 0. The smallest absolute Gasteiger partial charge is 0.187 e. The minimum absolute atomic E-state index is 0.639. The summed E-state index contributed by atoms with van der Waals surface area (Å²) in [6, 6.07) is 30.6. The number of benzene rings is 4. The number of hydrogen-bond acceptors (Lipinski definition) is 3. The van der Waals surface area contributed by atoms with Gasteiger partial charge in [-0.3, -0.25) is 9.97 Å². The van der Waals surface area contributed by atoms with Crippen molar-refractivity contribution in [3.8, 4) is 22.3 Å². The summed E-state index contributed by atoms with van der Waals surface area (Å²) < 4.78 is 6.17. The maximum absolute atomic E-state index is 7.19. The van der Waals surface area contributed by atoms with E-state index in [9.17, 15) is 0 Å². The van der Waals surface area contributed by atoms with Crippen LogP contribution in [0.5, 0.6) is 0 Å². The largest absolute Gasteiger partial charge is 0.456 e. The van der Waals surface area contributed by atoms with Crippen LogP contribution < -0.4 is 0 Å². The molecule has 0 bridgehead atoms. The molecule has 3 aromatic heterocycles. The van der Waals surface area contributed by atoms with Crippen LogP contribution in [-0.4, -0.2) is 9.97 Å². The standard InChI is InChI=1S/C31H17N3O/c1-32-23-10-6-19(7-11-23)20-8-12-28-26(16-20)27-17-21(9-13-29(27)35-28)25-18-22-4-2-14-33-30(22)31-24(25)5-3-15-34-31/h2-18H. The molecule has 0 fully saturated rings. The van der Waals surface area contributed by atoms with Gasteiger partial charge in [0.1, 0.15) is 11.2 Å². The zero-order valence-electron chi connectivity index (χ0n) is 18.6. The van der Waals surface area contributed by atoms with Crippen LogP contribution in [0.25, 0.3) is 70.8 Å². The number of nitrogens with zero attached hydrogens (tertiary/aromatic N) is 3. The highest BCUT2D eigenvalue weighted by Gasteiger charge is 2.14. The molecule has 0 radical (unpaired) electrons. The summed E-state index contributed by atoms with van der Waals surface area (Å²) in [5.74, 6) is 0. The average molecular weight is 447 g/mol. The van der Waals surface area contributed by atoms with Crippen LogP contribution in [0.3, 0.4) is 0 Å². The first kappa shape index (κ1) is 19.5. The van der Waals surface area contributed by atoms with Gasteiger partial charge in [-0.15, -0.1) is 0 Å². The Balaban J connectivity index is 1.45. The van der Waals surface area contributed by atoms with E-state index in [1.165, 1.54) is 0 Å². The topological polar surface area (TPSA) is 43.3 Å². The molecule has 3 heterocycles.